The van der Waals surface area contributed by atoms with Crippen LogP contribution in [0.3, 0.4) is 0 Å². The molecule has 6 nitrogen and oxygen atoms in total. The minimum Gasteiger partial charge on any atom is -0.489 e. The fourth-order valence-corrected chi connectivity index (χ4v) is 6.47. The smallest absolute Gasteiger partial charge is 0.335 e. The highest BCUT2D eigenvalue weighted by atomic mass is 35.5. The van der Waals surface area contributed by atoms with Crippen molar-refractivity contribution in [3.05, 3.63) is 103 Å². The Bertz CT molecular complexity index is 1600. The van der Waals surface area contributed by atoms with Crippen LogP contribution < -0.4 is 4.74 Å². The molecule has 1 aromatic heterocycles. The van der Waals surface area contributed by atoms with Crippen LogP contribution in [-0.2, 0) is 12.2 Å². The second kappa shape index (κ2) is 10.4. The molecular weight excluding hydrogens is 573 g/mol. The Labute approximate surface area is 246 Å². The van der Waals surface area contributed by atoms with Crippen LogP contribution in [0.15, 0.2) is 59.1 Å². The second-order valence-corrected chi connectivity index (χ2v) is 12.0. The monoisotopic (exact) mass is 597 g/mol. The predicted molar refractivity (Wildman–Crippen MR) is 154 cm³/mol. The third-order valence-electron chi connectivity index (χ3n) is 7.78. The van der Waals surface area contributed by atoms with Gasteiger partial charge in [0.15, 0.2) is 0 Å². The summed E-state index contributed by atoms with van der Waals surface area (Å²) in [6, 6.07) is 15.9. The molecule has 0 spiro atoms. The van der Waals surface area contributed by atoms with E-state index in [1.807, 2.05) is 13.0 Å². The molecule has 2 fully saturated rings. The number of hydrogen-bond donors (Lipinski definition) is 2. The Morgan fingerprint density at radius 3 is 2.40 bits per heavy atom. The summed E-state index contributed by atoms with van der Waals surface area (Å²) in [6.45, 7) is 2.06. The Balaban J connectivity index is 1.19. The summed E-state index contributed by atoms with van der Waals surface area (Å²) in [5, 5.41) is 26.4. The molecular formula is C31H26Cl3NO5. The predicted octanol–water partition coefficient (Wildman–Crippen LogP) is 8.53. The lowest BCUT2D eigenvalue weighted by Crippen LogP contribution is -2.40. The molecule has 2 aliphatic carbocycles. The molecule has 3 aromatic carbocycles. The zero-order chi connectivity index (χ0) is 28.2. The van der Waals surface area contributed by atoms with E-state index in [1.165, 1.54) is 0 Å². The summed E-state index contributed by atoms with van der Waals surface area (Å²) >= 11 is 19.6. The highest BCUT2D eigenvalue weighted by Crippen LogP contribution is 2.53. The summed E-state index contributed by atoms with van der Waals surface area (Å²) in [6.07, 6.45) is 2.95. The van der Waals surface area contributed by atoms with E-state index in [0.717, 1.165) is 35.3 Å². The fourth-order valence-electron chi connectivity index (χ4n) is 5.55. The maximum absolute atomic E-state index is 11.5. The van der Waals surface area contributed by atoms with Crippen molar-refractivity contribution in [3.8, 4) is 17.0 Å². The van der Waals surface area contributed by atoms with Gasteiger partial charge in [0.05, 0.1) is 31.8 Å². The summed E-state index contributed by atoms with van der Waals surface area (Å²) in [4.78, 5) is 11.5. The lowest BCUT2D eigenvalue weighted by Gasteiger charge is -2.45. The van der Waals surface area contributed by atoms with Gasteiger partial charge in [0, 0.05) is 17.0 Å². The number of aromatic nitrogens is 1. The van der Waals surface area contributed by atoms with Gasteiger partial charge >= 0.3 is 5.97 Å². The number of aliphatic hydroxyl groups is 1. The molecule has 6 rings (SSSR count). The highest BCUT2D eigenvalue weighted by molar-refractivity contribution is 6.39. The van der Waals surface area contributed by atoms with E-state index >= 15 is 0 Å². The number of rotatable bonds is 8. The van der Waals surface area contributed by atoms with Crippen molar-refractivity contribution in [1.29, 1.82) is 0 Å². The molecule has 0 amide bonds. The SMILES string of the molecule is Cc1cc(C(=O)O)cc(C2CC(O)(c3ccc(OCc4c(-c5c(Cl)cccc5Cl)noc4C4CC4)cc3Cl)C2)c1. The van der Waals surface area contributed by atoms with Crippen LogP contribution in [0.25, 0.3) is 11.3 Å². The van der Waals surface area contributed by atoms with E-state index in [-0.39, 0.29) is 18.1 Å². The maximum Gasteiger partial charge on any atom is 0.335 e. The lowest BCUT2D eigenvalue weighted by molar-refractivity contribution is -0.0549. The van der Waals surface area contributed by atoms with Gasteiger partial charge in [-0.15, -0.1) is 0 Å². The molecule has 0 unspecified atom stereocenters. The van der Waals surface area contributed by atoms with Crippen LogP contribution in [0.2, 0.25) is 15.1 Å². The van der Waals surface area contributed by atoms with Crippen molar-refractivity contribution >= 4 is 40.8 Å². The molecule has 2 N–H and O–H groups in total. The first-order chi connectivity index (χ1) is 19.1. The van der Waals surface area contributed by atoms with E-state index in [2.05, 4.69) is 5.16 Å². The van der Waals surface area contributed by atoms with Crippen molar-refractivity contribution in [2.24, 2.45) is 0 Å². The number of aromatic carboxylic acids is 1. The molecule has 4 aromatic rings. The zero-order valence-corrected chi connectivity index (χ0v) is 23.9. The second-order valence-electron chi connectivity index (χ2n) is 10.7. The first kappa shape index (κ1) is 27.2. The van der Waals surface area contributed by atoms with Crippen molar-refractivity contribution < 1.29 is 24.3 Å². The zero-order valence-electron chi connectivity index (χ0n) is 21.6. The molecule has 2 aliphatic rings. The van der Waals surface area contributed by atoms with Gasteiger partial charge in [-0.1, -0.05) is 58.2 Å². The summed E-state index contributed by atoms with van der Waals surface area (Å²) in [5.74, 6) is 0.700. The van der Waals surface area contributed by atoms with Gasteiger partial charge in [0.1, 0.15) is 23.8 Å². The van der Waals surface area contributed by atoms with E-state index in [1.54, 1.807) is 48.5 Å². The minimum atomic E-state index is -1.10. The van der Waals surface area contributed by atoms with Crippen molar-refractivity contribution in [3.63, 3.8) is 0 Å². The van der Waals surface area contributed by atoms with Crippen LogP contribution in [0.1, 0.15) is 75.9 Å². The number of carbonyl (C=O) groups is 1. The van der Waals surface area contributed by atoms with Crippen LogP contribution >= 0.6 is 34.8 Å². The van der Waals surface area contributed by atoms with E-state index < -0.39 is 11.6 Å². The van der Waals surface area contributed by atoms with Gasteiger partial charge < -0.3 is 19.5 Å². The normalized spacial score (nSPS) is 20.3. The van der Waals surface area contributed by atoms with Crippen LogP contribution in [0.5, 0.6) is 5.75 Å². The summed E-state index contributed by atoms with van der Waals surface area (Å²) in [5.41, 5.74) is 3.54. The van der Waals surface area contributed by atoms with Gasteiger partial charge in [-0.2, -0.15) is 0 Å². The van der Waals surface area contributed by atoms with Gasteiger partial charge in [-0.05, 0) is 86.1 Å². The van der Waals surface area contributed by atoms with Crippen LogP contribution in [0.4, 0.5) is 0 Å². The highest BCUT2D eigenvalue weighted by Gasteiger charge is 2.46. The minimum absolute atomic E-state index is 0.0412. The first-order valence-electron chi connectivity index (χ1n) is 13.1. The summed E-state index contributed by atoms with van der Waals surface area (Å²) in [7, 11) is 0. The molecule has 40 heavy (non-hydrogen) atoms. The molecule has 0 saturated heterocycles. The van der Waals surface area contributed by atoms with Crippen molar-refractivity contribution in [2.75, 3.05) is 0 Å². The third kappa shape index (κ3) is 5.10. The maximum atomic E-state index is 11.5. The molecule has 1 heterocycles. The molecule has 206 valence electrons. The summed E-state index contributed by atoms with van der Waals surface area (Å²) < 4.78 is 11.9. The Hall–Kier alpha value is -3.03. The number of hydrogen-bond acceptors (Lipinski definition) is 5. The third-order valence-corrected chi connectivity index (χ3v) is 8.72. The van der Waals surface area contributed by atoms with E-state index in [9.17, 15) is 15.0 Å². The molecule has 2 saturated carbocycles. The van der Waals surface area contributed by atoms with Crippen molar-refractivity contribution in [1.82, 2.24) is 5.16 Å². The largest absolute Gasteiger partial charge is 0.489 e. The number of carboxylic acid groups (broad SMARTS) is 1. The Kier molecular flexibility index (Phi) is 7.07. The average Bonchev–Trinajstić information content (AvgIpc) is 3.65. The van der Waals surface area contributed by atoms with Gasteiger partial charge in [0.2, 0.25) is 0 Å². The number of ether oxygens (including phenoxy) is 1. The molecule has 0 atom stereocenters. The fraction of sp³-hybridized carbons (Fsp3) is 0.290. The molecule has 0 radical (unpaired) electrons. The number of carboxylic acids is 1. The molecule has 0 aliphatic heterocycles. The first-order valence-corrected chi connectivity index (χ1v) is 14.2. The lowest BCUT2D eigenvalue weighted by atomic mass is 9.64. The van der Waals surface area contributed by atoms with Crippen LogP contribution in [0, 0.1) is 6.92 Å². The van der Waals surface area contributed by atoms with E-state index in [4.69, 9.17) is 44.1 Å². The van der Waals surface area contributed by atoms with Gasteiger partial charge in [-0.3, -0.25) is 0 Å². The van der Waals surface area contributed by atoms with Gasteiger partial charge in [0.25, 0.3) is 0 Å². The number of aryl methyl sites for hydroxylation is 1. The van der Waals surface area contributed by atoms with Crippen molar-refractivity contribution in [2.45, 2.75) is 56.7 Å². The number of benzene rings is 3. The van der Waals surface area contributed by atoms with E-state index in [0.29, 0.717) is 56.4 Å². The number of halogens is 3. The quantitative estimate of drug-likeness (QED) is 0.211. The van der Waals surface area contributed by atoms with Crippen LogP contribution in [-0.4, -0.2) is 21.3 Å². The molecule has 9 heteroatoms. The molecule has 0 bridgehead atoms. The average molecular weight is 599 g/mol. The topological polar surface area (TPSA) is 92.8 Å². The Morgan fingerprint density at radius 1 is 1.02 bits per heavy atom. The standard InChI is InChI=1S/C31H26Cl3NO5/c1-16-9-18(11-19(10-16)30(36)37)20-13-31(38,14-20)23-8-7-21(12-26(23)34)39-15-22-28(35-40-29(22)17-5-6-17)27-24(32)3-2-4-25(27)33/h2-4,7-12,17,20,38H,5-6,13-15H2,1H3,(H,36,37). The Morgan fingerprint density at radius 2 is 1.75 bits per heavy atom. The van der Waals surface area contributed by atoms with Gasteiger partial charge in [-0.25, -0.2) is 4.79 Å². The number of nitrogens with zero attached hydrogens (tertiary/aromatic N) is 1.